The molecule has 0 spiro atoms. The summed E-state index contributed by atoms with van der Waals surface area (Å²) in [5, 5.41) is 29.7. The summed E-state index contributed by atoms with van der Waals surface area (Å²) in [4.78, 5) is 59.6. The Morgan fingerprint density at radius 3 is 1.65 bits per heavy atom. The predicted octanol–water partition coefficient (Wildman–Crippen LogP) is 2.91. The topological polar surface area (TPSA) is 202 Å². The summed E-state index contributed by atoms with van der Waals surface area (Å²) in [6.45, 7) is 3.58. The van der Waals surface area contributed by atoms with Crippen molar-refractivity contribution in [1.29, 1.82) is 0 Å². The van der Waals surface area contributed by atoms with Gasteiger partial charge in [-0.05, 0) is 46.9 Å². The third kappa shape index (κ3) is 8.02. The van der Waals surface area contributed by atoms with Crippen LogP contribution in [0.25, 0.3) is 21.8 Å². The second-order valence-electron chi connectivity index (χ2n) is 12.3. The van der Waals surface area contributed by atoms with Gasteiger partial charge in [-0.15, -0.1) is 0 Å². The molecule has 0 aliphatic rings. The molecule has 0 aliphatic heterocycles. The van der Waals surface area contributed by atoms with Gasteiger partial charge >= 0.3 is 5.97 Å². The number of rotatable bonds is 14. The van der Waals surface area contributed by atoms with E-state index >= 15 is 0 Å². The van der Waals surface area contributed by atoms with Crippen molar-refractivity contribution >= 4 is 45.5 Å². The first-order valence-electron chi connectivity index (χ1n) is 15.8. The number of phenolic OH excluding ortho intramolecular Hbond substituents is 1. The van der Waals surface area contributed by atoms with Crippen molar-refractivity contribution in [2.45, 2.75) is 57.3 Å². The second kappa shape index (κ2) is 14.9. The molecular formula is C36H40N6O6. The van der Waals surface area contributed by atoms with Crippen molar-refractivity contribution < 1.29 is 29.4 Å². The van der Waals surface area contributed by atoms with Crippen molar-refractivity contribution in [2.75, 3.05) is 0 Å². The number of nitrogens with one attached hydrogen (secondary N) is 5. The molecule has 5 aromatic rings. The SMILES string of the molecule is CC(C)C(N)C(=O)NC(Cc1ccc(O)cc1)C(=O)NC(Cc1c[nH]c2ccccc12)C(=O)NC(Cc1c[nH]c2ccccc12)C(=O)O. The number of phenols is 1. The van der Waals surface area contributed by atoms with Crippen molar-refractivity contribution in [1.82, 2.24) is 25.9 Å². The van der Waals surface area contributed by atoms with Crippen LogP contribution in [0.15, 0.2) is 85.2 Å². The Morgan fingerprint density at radius 2 is 1.12 bits per heavy atom. The van der Waals surface area contributed by atoms with Crippen LogP contribution in [0.5, 0.6) is 5.75 Å². The number of hydrogen-bond acceptors (Lipinski definition) is 6. The van der Waals surface area contributed by atoms with Gasteiger partial charge in [0.25, 0.3) is 0 Å². The van der Waals surface area contributed by atoms with E-state index in [-0.39, 0.29) is 30.9 Å². The molecule has 250 valence electrons. The average molecular weight is 653 g/mol. The molecule has 4 unspecified atom stereocenters. The maximum Gasteiger partial charge on any atom is 0.326 e. The summed E-state index contributed by atoms with van der Waals surface area (Å²) >= 11 is 0. The Bertz CT molecular complexity index is 1910. The van der Waals surface area contributed by atoms with Crippen molar-refractivity contribution in [3.8, 4) is 5.75 Å². The zero-order valence-electron chi connectivity index (χ0n) is 26.7. The van der Waals surface area contributed by atoms with E-state index < -0.39 is 47.9 Å². The minimum Gasteiger partial charge on any atom is -0.508 e. The van der Waals surface area contributed by atoms with E-state index in [4.69, 9.17) is 5.73 Å². The largest absolute Gasteiger partial charge is 0.508 e. The molecule has 0 saturated heterocycles. The minimum atomic E-state index is -1.30. The summed E-state index contributed by atoms with van der Waals surface area (Å²) in [6.07, 6.45) is 3.55. The fraction of sp³-hybridized carbons (Fsp3) is 0.278. The maximum atomic E-state index is 13.9. The molecular weight excluding hydrogens is 612 g/mol. The molecule has 2 heterocycles. The van der Waals surface area contributed by atoms with Gasteiger partial charge in [0.15, 0.2) is 0 Å². The summed E-state index contributed by atoms with van der Waals surface area (Å²) < 4.78 is 0. The fourth-order valence-electron chi connectivity index (χ4n) is 5.64. The van der Waals surface area contributed by atoms with Gasteiger partial charge in [-0.1, -0.05) is 62.4 Å². The Hall–Kier alpha value is -5.62. The third-order valence-electron chi connectivity index (χ3n) is 8.48. The van der Waals surface area contributed by atoms with Crippen LogP contribution in [-0.4, -0.2) is 68.0 Å². The minimum absolute atomic E-state index is 0.00542. The number of H-pyrrole nitrogens is 2. The number of aromatic nitrogens is 2. The molecule has 4 atom stereocenters. The molecule has 3 amide bonds. The number of fused-ring (bicyclic) bond motifs is 2. The summed E-state index contributed by atoms with van der Waals surface area (Å²) in [5.74, 6) is -3.28. The van der Waals surface area contributed by atoms with Gasteiger partial charge in [-0.25, -0.2) is 4.79 Å². The lowest BCUT2D eigenvalue weighted by Crippen LogP contribution is -2.58. The van der Waals surface area contributed by atoms with E-state index in [1.165, 1.54) is 12.1 Å². The lowest BCUT2D eigenvalue weighted by molar-refractivity contribution is -0.142. The van der Waals surface area contributed by atoms with E-state index in [1.54, 1.807) is 38.4 Å². The first-order chi connectivity index (χ1) is 23.0. The lowest BCUT2D eigenvalue weighted by atomic mass is 10.00. The number of aromatic hydroxyl groups is 1. The van der Waals surface area contributed by atoms with Gasteiger partial charge in [0, 0.05) is 53.5 Å². The van der Waals surface area contributed by atoms with Crippen LogP contribution in [0.4, 0.5) is 0 Å². The quantitative estimate of drug-likeness (QED) is 0.0901. The molecule has 12 nitrogen and oxygen atoms in total. The molecule has 0 fully saturated rings. The Morgan fingerprint density at radius 1 is 0.667 bits per heavy atom. The van der Waals surface area contributed by atoms with Crippen molar-refractivity contribution in [3.05, 3.63) is 102 Å². The first kappa shape index (κ1) is 33.7. The fourth-order valence-corrected chi connectivity index (χ4v) is 5.64. The first-order valence-corrected chi connectivity index (χ1v) is 15.8. The van der Waals surface area contributed by atoms with Gasteiger partial charge < -0.3 is 41.9 Å². The van der Waals surface area contributed by atoms with Crippen LogP contribution >= 0.6 is 0 Å². The maximum absolute atomic E-state index is 13.9. The lowest BCUT2D eigenvalue weighted by Gasteiger charge is -2.26. The number of aliphatic carboxylic acids is 1. The second-order valence-corrected chi connectivity index (χ2v) is 12.3. The number of carbonyl (C=O) groups excluding carboxylic acids is 3. The number of amides is 3. The highest BCUT2D eigenvalue weighted by atomic mass is 16.4. The number of hydrogen-bond donors (Lipinski definition) is 8. The Labute approximate surface area is 277 Å². The molecule has 0 radical (unpaired) electrons. The third-order valence-corrected chi connectivity index (χ3v) is 8.48. The van der Waals surface area contributed by atoms with E-state index in [0.717, 1.165) is 27.4 Å². The number of carbonyl (C=O) groups is 4. The van der Waals surface area contributed by atoms with Crippen molar-refractivity contribution in [2.24, 2.45) is 11.7 Å². The van der Waals surface area contributed by atoms with Gasteiger partial charge in [0.05, 0.1) is 6.04 Å². The van der Waals surface area contributed by atoms with Crippen molar-refractivity contribution in [3.63, 3.8) is 0 Å². The number of carboxylic acid groups (broad SMARTS) is 1. The molecule has 3 aromatic carbocycles. The van der Waals surface area contributed by atoms with E-state index in [1.807, 2.05) is 48.5 Å². The number of aromatic amines is 2. The number of para-hydroxylation sites is 2. The number of benzene rings is 3. The van der Waals surface area contributed by atoms with Gasteiger partial charge in [0.2, 0.25) is 17.7 Å². The number of nitrogens with two attached hydrogens (primary N) is 1. The summed E-state index contributed by atoms with van der Waals surface area (Å²) in [7, 11) is 0. The molecule has 48 heavy (non-hydrogen) atoms. The van der Waals surface area contributed by atoms with E-state index in [2.05, 4.69) is 25.9 Å². The normalized spacial score (nSPS) is 13.9. The summed E-state index contributed by atoms with van der Waals surface area (Å²) in [6, 6.07) is 16.6. The highest BCUT2D eigenvalue weighted by Gasteiger charge is 2.32. The molecule has 0 aliphatic carbocycles. The zero-order chi connectivity index (χ0) is 34.4. The smallest absolute Gasteiger partial charge is 0.326 e. The Balaban J connectivity index is 1.42. The molecule has 0 saturated carbocycles. The van der Waals surface area contributed by atoms with Crippen LogP contribution in [0.3, 0.4) is 0 Å². The predicted molar refractivity (Wildman–Crippen MR) is 182 cm³/mol. The molecule has 5 rings (SSSR count). The zero-order valence-corrected chi connectivity index (χ0v) is 26.7. The Kier molecular flexibility index (Phi) is 10.4. The molecule has 12 heteroatoms. The van der Waals surface area contributed by atoms with Gasteiger partial charge in [0.1, 0.15) is 23.9 Å². The van der Waals surface area contributed by atoms with Gasteiger partial charge in [-0.3, -0.25) is 14.4 Å². The van der Waals surface area contributed by atoms with Crippen LogP contribution in [0.2, 0.25) is 0 Å². The molecule has 9 N–H and O–H groups in total. The highest BCUT2D eigenvalue weighted by Crippen LogP contribution is 2.21. The van der Waals surface area contributed by atoms with Crippen LogP contribution in [-0.2, 0) is 38.4 Å². The molecule has 0 bridgehead atoms. The van der Waals surface area contributed by atoms with Gasteiger partial charge in [-0.2, -0.15) is 0 Å². The molecule has 2 aromatic heterocycles. The van der Waals surface area contributed by atoms with Crippen LogP contribution in [0.1, 0.15) is 30.5 Å². The number of carboxylic acids is 1. The standard InChI is InChI=1S/C36H40N6O6/c1-20(2)32(37)35(46)41-29(15-21-11-13-24(43)14-12-21)33(44)40-30(16-22-18-38-27-9-5-3-7-25(22)27)34(45)42-31(36(47)48)17-23-19-39-28-10-6-4-8-26(23)28/h3-14,18-20,29-32,38-39,43H,15-17,37H2,1-2H3,(H,40,44)(H,41,46)(H,42,45)(H,47,48). The monoisotopic (exact) mass is 652 g/mol. The summed E-state index contributed by atoms with van der Waals surface area (Å²) in [5.41, 5.74) is 9.85. The van der Waals surface area contributed by atoms with Crippen LogP contribution < -0.4 is 21.7 Å². The highest BCUT2D eigenvalue weighted by molar-refractivity contribution is 5.95. The van der Waals surface area contributed by atoms with E-state index in [9.17, 15) is 29.4 Å². The average Bonchev–Trinajstić information content (AvgIpc) is 3.68. The van der Waals surface area contributed by atoms with Crippen LogP contribution in [0, 0.1) is 5.92 Å². The van der Waals surface area contributed by atoms with E-state index in [0.29, 0.717) is 11.1 Å².